The van der Waals surface area contributed by atoms with E-state index in [2.05, 4.69) is 27.9 Å². The lowest BCUT2D eigenvalue weighted by atomic mass is 10.2. The molecule has 0 aromatic heterocycles. The van der Waals surface area contributed by atoms with Crippen LogP contribution in [0.15, 0.2) is 36.4 Å². The van der Waals surface area contributed by atoms with Gasteiger partial charge in [0.05, 0.1) is 7.11 Å². The number of phenols is 1. The van der Waals surface area contributed by atoms with Crippen molar-refractivity contribution in [3.8, 4) is 11.5 Å². The molecule has 19 heavy (non-hydrogen) atoms. The van der Waals surface area contributed by atoms with Gasteiger partial charge in [-0.25, -0.2) is 0 Å². The first-order valence-corrected chi connectivity index (χ1v) is 7.11. The average molecular weight is 390 g/mol. The molecular formula is C14H13ClINO2. The molecule has 0 aliphatic rings. The quantitative estimate of drug-likeness (QED) is 0.767. The van der Waals surface area contributed by atoms with Crippen LogP contribution >= 0.6 is 34.2 Å². The summed E-state index contributed by atoms with van der Waals surface area (Å²) in [5, 5.41) is 14.0. The molecule has 0 heterocycles. The van der Waals surface area contributed by atoms with Crippen molar-refractivity contribution in [3.05, 3.63) is 50.6 Å². The van der Waals surface area contributed by atoms with Gasteiger partial charge in [-0.1, -0.05) is 23.7 Å². The molecule has 0 aliphatic heterocycles. The highest BCUT2D eigenvalue weighted by Crippen LogP contribution is 2.30. The van der Waals surface area contributed by atoms with Crippen LogP contribution in [-0.2, 0) is 6.54 Å². The molecule has 2 rings (SSSR count). The van der Waals surface area contributed by atoms with Gasteiger partial charge in [-0.3, -0.25) is 0 Å². The van der Waals surface area contributed by atoms with E-state index < -0.39 is 0 Å². The van der Waals surface area contributed by atoms with Gasteiger partial charge in [0.2, 0.25) is 0 Å². The highest BCUT2D eigenvalue weighted by atomic mass is 127. The number of para-hydroxylation sites is 1. The van der Waals surface area contributed by atoms with Crippen molar-refractivity contribution >= 4 is 39.9 Å². The number of ether oxygens (including phenoxy) is 1. The molecule has 0 bridgehead atoms. The lowest BCUT2D eigenvalue weighted by Gasteiger charge is -2.12. The molecule has 3 nitrogen and oxygen atoms in total. The van der Waals surface area contributed by atoms with Crippen LogP contribution in [-0.4, -0.2) is 12.2 Å². The Morgan fingerprint density at radius 2 is 2.11 bits per heavy atom. The average Bonchev–Trinajstić information content (AvgIpc) is 2.39. The fourth-order valence-electron chi connectivity index (χ4n) is 1.70. The number of anilines is 1. The molecule has 2 aromatic carbocycles. The van der Waals surface area contributed by atoms with E-state index in [4.69, 9.17) is 16.3 Å². The molecule has 0 radical (unpaired) electrons. The summed E-state index contributed by atoms with van der Waals surface area (Å²) in [6.07, 6.45) is 0. The molecule has 0 saturated heterocycles. The number of nitrogens with one attached hydrogen (secondary N) is 1. The van der Waals surface area contributed by atoms with Gasteiger partial charge in [0, 0.05) is 26.4 Å². The minimum atomic E-state index is 0.168. The third-order valence-corrected chi connectivity index (χ3v) is 3.83. The summed E-state index contributed by atoms with van der Waals surface area (Å²) < 4.78 is 6.12. The Bertz CT molecular complexity index is 590. The molecule has 0 amide bonds. The molecule has 0 spiro atoms. The van der Waals surface area contributed by atoms with Crippen LogP contribution in [0.25, 0.3) is 0 Å². The fourth-order valence-corrected chi connectivity index (χ4v) is 2.76. The maximum Gasteiger partial charge on any atom is 0.162 e. The molecule has 5 heteroatoms. The second kappa shape index (κ2) is 6.34. The van der Waals surface area contributed by atoms with Gasteiger partial charge in [0.25, 0.3) is 0 Å². The van der Waals surface area contributed by atoms with Crippen molar-refractivity contribution in [2.75, 3.05) is 12.4 Å². The minimum Gasteiger partial charge on any atom is -0.504 e. The van der Waals surface area contributed by atoms with E-state index in [9.17, 15) is 5.11 Å². The lowest BCUT2D eigenvalue weighted by molar-refractivity contribution is 0.371. The SMILES string of the molecule is COc1cccc(CNc2ccc(Cl)cc2I)c1O. The molecule has 2 N–H and O–H groups in total. The van der Waals surface area contributed by atoms with Crippen molar-refractivity contribution < 1.29 is 9.84 Å². The van der Waals surface area contributed by atoms with Crippen molar-refractivity contribution in [1.29, 1.82) is 0 Å². The first kappa shape index (κ1) is 14.3. The maximum atomic E-state index is 9.99. The second-order valence-corrected chi connectivity index (χ2v) is 5.54. The number of benzene rings is 2. The Hall–Kier alpha value is -1.14. The Morgan fingerprint density at radius 1 is 1.32 bits per heavy atom. The molecule has 0 saturated carbocycles. The Morgan fingerprint density at radius 3 is 2.79 bits per heavy atom. The largest absolute Gasteiger partial charge is 0.504 e. The van der Waals surface area contributed by atoms with Gasteiger partial charge in [-0.15, -0.1) is 0 Å². The van der Waals surface area contributed by atoms with Crippen molar-refractivity contribution in [2.24, 2.45) is 0 Å². The summed E-state index contributed by atoms with van der Waals surface area (Å²) >= 11 is 8.13. The fraction of sp³-hybridized carbons (Fsp3) is 0.143. The minimum absolute atomic E-state index is 0.168. The lowest BCUT2D eigenvalue weighted by Crippen LogP contribution is -2.01. The predicted octanol–water partition coefficient (Wildman–Crippen LogP) is 4.27. The van der Waals surface area contributed by atoms with Gasteiger partial charge in [0.15, 0.2) is 11.5 Å². The van der Waals surface area contributed by atoms with Crippen LogP contribution in [0, 0.1) is 3.57 Å². The summed E-state index contributed by atoms with van der Waals surface area (Å²) in [6, 6.07) is 11.1. The van der Waals surface area contributed by atoms with Crippen LogP contribution in [0.5, 0.6) is 11.5 Å². The number of methoxy groups -OCH3 is 1. The smallest absolute Gasteiger partial charge is 0.162 e. The third kappa shape index (κ3) is 3.45. The summed E-state index contributed by atoms with van der Waals surface area (Å²) in [4.78, 5) is 0. The third-order valence-electron chi connectivity index (χ3n) is 2.70. The second-order valence-electron chi connectivity index (χ2n) is 3.95. The molecular weight excluding hydrogens is 377 g/mol. The van der Waals surface area contributed by atoms with Crippen LogP contribution in [0.2, 0.25) is 5.02 Å². The Kier molecular flexibility index (Phi) is 4.76. The molecule has 0 unspecified atom stereocenters. The maximum absolute atomic E-state index is 9.99. The van der Waals surface area contributed by atoms with E-state index in [-0.39, 0.29) is 5.75 Å². The van der Waals surface area contributed by atoms with Crippen molar-refractivity contribution in [3.63, 3.8) is 0 Å². The van der Waals surface area contributed by atoms with Crippen LogP contribution in [0.1, 0.15) is 5.56 Å². The number of halogens is 2. The first-order valence-electron chi connectivity index (χ1n) is 5.65. The monoisotopic (exact) mass is 389 g/mol. The molecule has 0 fully saturated rings. The molecule has 100 valence electrons. The van der Waals surface area contributed by atoms with Gasteiger partial charge >= 0.3 is 0 Å². The standard InChI is InChI=1S/C14H13ClINO2/c1-19-13-4-2-3-9(14(13)18)8-17-12-6-5-10(15)7-11(12)16/h2-7,17-18H,8H2,1H3. The summed E-state index contributed by atoms with van der Waals surface area (Å²) in [6.45, 7) is 0.515. The Balaban J connectivity index is 2.14. The zero-order valence-corrected chi connectivity index (χ0v) is 13.2. The highest BCUT2D eigenvalue weighted by molar-refractivity contribution is 14.1. The van der Waals surface area contributed by atoms with Crippen molar-refractivity contribution in [1.82, 2.24) is 0 Å². The van der Waals surface area contributed by atoms with Crippen LogP contribution in [0.3, 0.4) is 0 Å². The van der Waals surface area contributed by atoms with Crippen LogP contribution in [0.4, 0.5) is 5.69 Å². The summed E-state index contributed by atoms with van der Waals surface area (Å²) in [7, 11) is 1.54. The first-order chi connectivity index (χ1) is 9.11. The normalized spacial score (nSPS) is 10.3. The molecule has 2 aromatic rings. The van der Waals surface area contributed by atoms with Crippen molar-refractivity contribution in [2.45, 2.75) is 6.54 Å². The number of hydrogen-bond donors (Lipinski definition) is 2. The number of phenolic OH excluding ortho intramolecular Hbond substituents is 1. The van der Waals surface area contributed by atoms with E-state index in [0.717, 1.165) is 14.8 Å². The van der Waals surface area contributed by atoms with E-state index in [1.165, 1.54) is 7.11 Å². The van der Waals surface area contributed by atoms with Gasteiger partial charge in [0.1, 0.15) is 0 Å². The summed E-state index contributed by atoms with van der Waals surface area (Å²) in [5.41, 5.74) is 1.76. The number of rotatable bonds is 4. The van der Waals surface area contributed by atoms with Gasteiger partial charge in [-0.05, 0) is 46.9 Å². The van der Waals surface area contributed by atoms with E-state index in [0.29, 0.717) is 17.3 Å². The van der Waals surface area contributed by atoms with E-state index >= 15 is 0 Å². The highest BCUT2D eigenvalue weighted by Gasteiger charge is 2.07. The van der Waals surface area contributed by atoms with E-state index in [1.807, 2.05) is 30.3 Å². The van der Waals surface area contributed by atoms with Gasteiger partial charge < -0.3 is 15.2 Å². The molecule has 0 aliphatic carbocycles. The van der Waals surface area contributed by atoms with Gasteiger partial charge in [-0.2, -0.15) is 0 Å². The zero-order chi connectivity index (χ0) is 13.8. The Labute approximate surface area is 130 Å². The number of hydrogen-bond acceptors (Lipinski definition) is 3. The van der Waals surface area contributed by atoms with E-state index in [1.54, 1.807) is 6.07 Å². The molecule has 0 atom stereocenters. The summed E-state index contributed by atoms with van der Waals surface area (Å²) in [5.74, 6) is 0.645. The predicted molar refractivity (Wildman–Crippen MR) is 86.2 cm³/mol. The number of aromatic hydroxyl groups is 1. The topological polar surface area (TPSA) is 41.5 Å². The van der Waals surface area contributed by atoms with Crippen LogP contribution < -0.4 is 10.1 Å². The zero-order valence-electron chi connectivity index (χ0n) is 10.3.